The van der Waals surface area contributed by atoms with Gasteiger partial charge in [0, 0.05) is 19.5 Å². The van der Waals surface area contributed by atoms with Crippen molar-refractivity contribution in [2.45, 2.75) is 45.6 Å². The van der Waals surface area contributed by atoms with Crippen LogP contribution in [0.15, 0.2) is 0 Å². The molecule has 1 aliphatic carbocycles. The first-order valence-electron chi connectivity index (χ1n) is 5.67. The predicted octanol–water partition coefficient (Wildman–Crippen LogP) is 1.81. The SMILES string of the molecule is CC.CCC(=O)N1CCOC2(CC2)C1. The van der Waals surface area contributed by atoms with Gasteiger partial charge in [-0.2, -0.15) is 0 Å². The fraction of sp³-hybridized carbons (Fsp3) is 0.909. The minimum Gasteiger partial charge on any atom is -0.371 e. The number of rotatable bonds is 1. The molecule has 0 N–H and O–H groups in total. The summed E-state index contributed by atoms with van der Waals surface area (Å²) in [4.78, 5) is 13.3. The molecule has 0 radical (unpaired) electrons. The average Bonchev–Trinajstić information content (AvgIpc) is 2.99. The fourth-order valence-corrected chi connectivity index (χ4v) is 1.72. The van der Waals surface area contributed by atoms with E-state index in [1.165, 1.54) is 0 Å². The molecule has 3 nitrogen and oxygen atoms in total. The van der Waals surface area contributed by atoms with Gasteiger partial charge >= 0.3 is 0 Å². The van der Waals surface area contributed by atoms with Gasteiger partial charge in [0.1, 0.15) is 0 Å². The van der Waals surface area contributed by atoms with Gasteiger partial charge in [-0.15, -0.1) is 0 Å². The highest BCUT2D eigenvalue weighted by atomic mass is 16.5. The molecule has 0 aromatic heterocycles. The van der Waals surface area contributed by atoms with Crippen LogP contribution in [0.3, 0.4) is 0 Å². The second kappa shape index (κ2) is 4.78. The molecule has 1 spiro atoms. The zero-order chi connectivity index (χ0) is 10.6. The summed E-state index contributed by atoms with van der Waals surface area (Å²) in [6, 6.07) is 0. The van der Waals surface area contributed by atoms with Crippen LogP contribution in [-0.2, 0) is 9.53 Å². The van der Waals surface area contributed by atoms with Crippen LogP contribution in [-0.4, -0.2) is 36.1 Å². The zero-order valence-electron chi connectivity index (χ0n) is 9.51. The molecule has 82 valence electrons. The van der Waals surface area contributed by atoms with Crippen molar-refractivity contribution in [1.29, 1.82) is 0 Å². The first-order valence-corrected chi connectivity index (χ1v) is 5.67. The molecular weight excluding hydrogens is 178 g/mol. The molecule has 2 aliphatic rings. The van der Waals surface area contributed by atoms with Crippen LogP contribution in [0, 0.1) is 0 Å². The molecule has 1 heterocycles. The Balaban J connectivity index is 0.000000461. The standard InChI is InChI=1S/C9H15NO2.C2H6/c1-2-8(11)10-5-6-12-9(7-10)3-4-9;1-2/h2-7H2,1H3;1-2H3. The number of hydrogen-bond acceptors (Lipinski definition) is 2. The van der Waals surface area contributed by atoms with Gasteiger partial charge in [-0.3, -0.25) is 4.79 Å². The lowest BCUT2D eigenvalue weighted by atomic mass is 10.2. The normalized spacial score (nSPS) is 22.6. The van der Waals surface area contributed by atoms with Gasteiger partial charge in [0.05, 0.1) is 12.2 Å². The molecule has 0 aromatic rings. The highest BCUT2D eigenvalue weighted by molar-refractivity contribution is 5.76. The molecule has 1 saturated heterocycles. The maximum absolute atomic E-state index is 11.4. The molecule has 14 heavy (non-hydrogen) atoms. The molecule has 0 atom stereocenters. The number of hydrogen-bond donors (Lipinski definition) is 0. The molecule has 3 heteroatoms. The number of carbonyl (C=O) groups is 1. The molecule has 1 amide bonds. The predicted molar refractivity (Wildman–Crippen MR) is 56.1 cm³/mol. The summed E-state index contributed by atoms with van der Waals surface area (Å²) in [5, 5.41) is 0. The average molecular weight is 199 g/mol. The van der Waals surface area contributed by atoms with Gasteiger partial charge in [0.25, 0.3) is 0 Å². The topological polar surface area (TPSA) is 29.5 Å². The minimum absolute atomic E-state index is 0.0864. The Morgan fingerprint density at radius 3 is 2.57 bits per heavy atom. The van der Waals surface area contributed by atoms with Crippen LogP contribution in [0.25, 0.3) is 0 Å². The quantitative estimate of drug-likeness (QED) is 0.644. The molecule has 2 fully saturated rings. The van der Waals surface area contributed by atoms with Crippen molar-refractivity contribution in [3.63, 3.8) is 0 Å². The van der Waals surface area contributed by atoms with Crippen LogP contribution in [0.2, 0.25) is 0 Å². The summed E-state index contributed by atoms with van der Waals surface area (Å²) in [6.07, 6.45) is 2.90. The van der Waals surface area contributed by atoms with Crippen molar-refractivity contribution in [1.82, 2.24) is 4.90 Å². The summed E-state index contributed by atoms with van der Waals surface area (Å²) in [5.41, 5.74) is 0.0864. The molecule has 0 unspecified atom stereocenters. The van der Waals surface area contributed by atoms with E-state index < -0.39 is 0 Å². The summed E-state index contributed by atoms with van der Waals surface area (Å²) < 4.78 is 5.61. The van der Waals surface area contributed by atoms with E-state index in [9.17, 15) is 4.79 Å². The molecule has 1 aliphatic heterocycles. The maximum Gasteiger partial charge on any atom is 0.222 e. The van der Waals surface area contributed by atoms with Crippen LogP contribution in [0.1, 0.15) is 40.0 Å². The third-order valence-corrected chi connectivity index (χ3v) is 2.71. The highest BCUT2D eigenvalue weighted by Gasteiger charge is 2.48. The number of morpholine rings is 1. The molecule has 2 rings (SSSR count). The smallest absolute Gasteiger partial charge is 0.222 e. The van der Waals surface area contributed by atoms with E-state index in [0.717, 1.165) is 32.5 Å². The van der Waals surface area contributed by atoms with E-state index in [0.29, 0.717) is 6.42 Å². The summed E-state index contributed by atoms with van der Waals surface area (Å²) in [6.45, 7) is 8.26. The maximum atomic E-state index is 11.4. The lowest BCUT2D eigenvalue weighted by Gasteiger charge is -2.33. The van der Waals surface area contributed by atoms with Gasteiger partial charge in [0.15, 0.2) is 0 Å². The minimum atomic E-state index is 0.0864. The van der Waals surface area contributed by atoms with E-state index in [4.69, 9.17) is 4.74 Å². The Hall–Kier alpha value is -0.570. The Labute approximate surface area is 86.4 Å². The van der Waals surface area contributed by atoms with Gasteiger partial charge in [-0.05, 0) is 12.8 Å². The molecule has 1 saturated carbocycles. The molecule has 0 aromatic carbocycles. The lowest BCUT2D eigenvalue weighted by molar-refractivity contribution is -0.140. The van der Waals surface area contributed by atoms with Crippen molar-refractivity contribution >= 4 is 5.91 Å². The van der Waals surface area contributed by atoms with Crippen molar-refractivity contribution in [3.05, 3.63) is 0 Å². The summed E-state index contributed by atoms with van der Waals surface area (Å²) in [7, 11) is 0. The van der Waals surface area contributed by atoms with Crippen LogP contribution < -0.4 is 0 Å². The number of nitrogens with zero attached hydrogens (tertiary/aromatic N) is 1. The second-order valence-corrected chi connectivity index (χ2v) is 3.70. The molecule has 0 bridgehead atoms. The number of carbonyl (C=O) groups excluding carboxylic acids is 1. The van der Waals surface area contributed by atoms with Crippen LogP contribution in [0.5, 0.6) is 0 Å². The monoisotopic (exact) mass is 199 g/mol. The Morgan fingerprint density at radius 2 is 2.07 bits per heavy atom. The fourth-order valence-electron chi connectivity index (χ4n) is 1.72. The summed E-state index contributed by atoms with van der Waals surface area (Å²) in [5.74, 6) is 0.268. The Bertz CT molecular complexity index is 199. The van der Waals surface area contributed by atoms with E-state index in [2.05, 4.69) is 0 Å². The van der Waals surface area contributed by atoms with Crippen molar-refractivity contribution < 1.29 is 9.53 Å². The third kappa shape index (κ3) is 2.47. The van der Waals surface area contributed by atoms with Crippen molar-refractivity contribution in [2.24, 2.45) is 0 Å². The number of ether oxygens (including phenoxy) is 1. The zero-order valence-corrected chi connectivity index (χ0v) is 9.51. The Morgan fingerprint density at radius 1 is 1.43 bits per heavy atom. The van der Waals surface area contributed by atoms with Crippen molar-refractivity contribution in [3.8, 4) is 0 Å². The number of amides is 1. The Kier molecular flexibility index (Phi) is 3.93. The third-order valence-electron chi connectivity index (χ3n) is 2.71. The molecular formula is C11H21NO2. The van der Waals surface area contributed by atoms with E-state index >= 15 is 0 Å². The first kappa shape index (κ1) is 11.5. The van der Waals surface area contributed by atoms with E-state index in [1.54, 1.807) is 0 Å². The van der Waals surface area contributed by atoms with E-state index in [1.807, 2.05) is 25.7 Å². The van der Waals surface area contributed by atoms with Crippen molar-refractivity contribution in [2.75, 3.05) is 19.7 Å². The van der Waals surface area contributed by atoms with Crippen LogP contribution in [0.4, 0.5) is 0 Å². The highest BCUT2D eigenvalue weighted by Crippen LogP contribution is 2.41. The van der Waals surface area contributed by atoms with Crippen LogP contribution >= 0.6 is 0 Å². The van der Waals surface area contributed by atoms with Gasteiger partial charge in [-0.1, -0.05) is 20.8 Å². The van der Waals surface area contributed by atoms with E-state index in [-0.39, 0.29) is 11.5 Å². The lowest BCUT2D eigenvalue weighted by Crippen LogP contribution is -2.46. The largest absolute Gasteiger partial charge is 0.371 e. The first-order chi connectivity index (χ1) is 6.76. The second-order valence-electron chi connectivity index (χ2n) is 3.70. The van der Waals surface area contributed by atoms with Gasteiger partial charge in [-0.25, -0.2) is 0 Å². The summed E-state index contributed by atoms with van der Waals surface area (Å²) >= 11 is 0. The van der Waals surface area contributed by atoms with Gasteiger partial charge < -0.3 is 9.64 Å². The van der Waals surface area contributed by atoms with Gasteiger partial charge in [0.2, 0.25) is 5.91 Å².